The molecule has 2 aromatic rings. The van der Waals surface area contributed by atoms with Crippen molar-refractivity contribution in [3.8, 4) is 0 Å². The van der Waals surface area contributed by atoms with E-state index in [1.807, 2.05) is 0 Å². The topological polar surface area (TPSA) is 12.9 Å². The van der Waals surface area contributed by atoms with Crippen molar-refractivity contribution in [2.45, 2.75) is 0 Å². The molecule has 0 radical (unpaired) electrons. The second-order valence-electron chi connectivity index (χ2n) is 3.42. The molecule has 17 heavy (non-hydrogen) atoms. The zero-order chi connectivity index (χ0) is 12.3. The van der Waals surface area contributed by atoms with Gasteiger partial charge in [-0.1, -0.05) is 18.2 Å². The molecule has 0 bridgehead atoms. The van der Waals surface area contributed by atoms with E-state index in [9.17, 15) is 8.78 Å². The van der Waals surface area contributed by atoms with Crippen LogP contribution in [0.25, 0.3) is 12.2 Å². The molecule has 0 atom stereocenters. The van der Waals surface area contributed by atoms with Gasteiger partial charge in [-0.15, -0.1) is 0 Å². The van der Waals surface area contributed by atoms with Gasteiger partial charge in [-0.2, -0.15) is 4.39 Å². The lowest BCUT2D eigenvalue weighted by atomic mass is 10.1. The third kappa shape index (κ3) is 3.20. The maximum Gasteiger partial charge on any atom is 0.220 e. The fraction of sp³-hybridized carbons (Fsp3) is 0. The number of hydrogen-bond acceptors (Lipinski definition) is 1. The highest BCUT2D eigenvalue weighted by Gasteiger charge is 2.00. The number of aromatic nitrogens is 1. The van der Waals surface area contributed by atoms with E-state index in [2.05, 4.69) is 20.9 Å². The Labute approximate surface area is 106 Å². The fourth-order valence-electron chi connectivity index (χ4n) is 1.32. The molecular formula is C13H8BrF2N. The van der Waals surface area contributed by atoms with E-state index in [-0.39, 0.29) is 5.82 Å². The molecule has 0 amide bonds. The van der Waals surface area contributed by atoms with Crippen molar-refractivity contribution in [3.05, 3.63) is 63.9 Å². The lowest BCUT2D eigenvalue weighted by Gasteiger charge is -1.97. The summed E-state index contributed by atoms with van der Waals surface area (Å²) in [6.45, 7) is 0. The standard InChI is InChI=1S/C13H8BrF2N/c14-11-7-10(13(16)17-8-11)4-1-9-2-5-12(15)6-3-9/h1-8H/b4-1+. The van der Waals surface area contributed by atoms with Crippen LogP contribution < -0.4 is 0 Å². The van der Waals surface area contributed by atoms with E-state index in [4.69, 9.17) is 0 Å². The Balaban J connectivity index is 2.25. The highest BCUT2D eigenvalue weighted by molar-refractivity contribution is 9.10. The first-order valence-corrected chi connectivity index (χ1v) is 5.69. The number of rotatable bonds is 2. The average Bonchev–Trinajstić information content (AvgIpc) is 2.32. The Hall–Kier alpha value is -1.55. The molecule has 4 heteroatoms. The minimum absolute atomic E-state index is 0.294. The molecule has 86 valence electrons. The molecule has 0 saturated carbocycles. The Morgan fingerprint density at radius 2 is 1.76 bits per heavy atom. The molecule has 1 nitrogen and oxygen atoms in total. The first-order valence-electron chi connectivity index (χ1n) is 4.90. The third-order valence-corrected chi connectivity index (χ3v) is 2.59. The summed E-state index contributed by atoms with van der Waals surface area (Å²) in [7, 11) is 0. The summed E-state index contributed by atoms with van der Waals surface area (Å²) >= 11 is 3.22. The van der Waals surface area contributed by atoms with Gasteiger partial charge in [0.05, 0.1) is 0 Å². The van der Waals surface area contributed by atoms with Crippen LogP contribution in [-0.2, 0) is 0 Å². The summed E-state index contributed by atoms with van der Waals surface area (Å²) in [4.78, 5) is 3.58. The summed E-state index contributed by atoms with van der Waals surface area (Å²) in [5.41, 5.74) is 1.18. The maximum absolute atomic E-state index is 13.3. The first kappa shape index (κ1) is 11.9. The van der Waals surface area contributed by atoms with E-state index in [1.54, 1.807) is 30.4 Å². The van der Waals surface area contributed by atoms with Crippen LogP contribution in [0, 0.1) is 11.8 Å². The molecular weight excluding hydrogens is 288 g/mol. The number of hydrogen-bond donors (Lipinski definition) is 0. The van der Waals surface area contributed by atoms with E-state index in [0.29, 0.717) is 10.0 Å². The molecule has 0 unspecified atom stereocenters. The number of nitrogens with zero attached hydrogens (tertiary/aromatic N) is 1. The Kier molecular flexibility index (Phi) is 3.64. The van der Waals surface area contributed by atoms with Crippen LogP contribution in [0.5, 0.6) is 0 Å². The van der Waals surface area contributed by atoms with Crippen LogP contribution in [0.2, 0.25) is 0 Å². The van der Waals surface area contributed by atoms with E-state index >= 15 is 0 Å². The second-order valence-corrected chi connectivity index (χ2v) is 4.33. The van der Waals surface area contributed by atoms with Gasteiger partial charge in [-0.05, 0) is 45.8 Å². The van der Waals surface area contributed by atoms with E-state index in [0.717, 1.165) is 5.56 Å². The molecule has 0 aliphatic carbocycles. The van der Waals surface area contributed by atoms with Crippen molar-refractivity contribution >= 4 is 28.1 Å². The highest BCUT2D eigenvalue weighted by Crippen LogP contribution is 2.16. The highest BCUT2D eigenvalue weighted by atomic mass is 79.9. The predicted molar refractivity (Wildman–Crippen MR) is 67.2 cm³/mol. The van der Waals surface area contributed by atoms with Gasteiger partial charge in [0.1, 0.15) is 5.82 Å². The lowest BCUT2D eigenvalue weighted by Crippen LogP contribution is -1.86. The number of pyridine rings is 1. The van der Waals surface area contributed by atoms with E-state index in [1.165, 1.54) is 18.3 Å². The molecule has 1 aromatic heterocycles. The van der Waals surface area contributed by atoms with Crippen molar-refractivity contribution in [1.29, 1.82) is 0 Å². The Bertz CT molecular complexity index is 550. The van der Waals surface area contributed by atoms with Gasteiger partial charge < -0.3 is 0 Å². The largest absolute Gasteiger partial charge is 0.227 e. The Morgan fingerprint density at radius 3 is 2.47 bits per heavy atom. The van der Waals surface area contributed by atoms with Crippen molar-refractivity contribution in [3.63, 3.8) is 0 Å². The van der Waals surface area contributed by atoms with Gasteiger partial charge >= 0.3 is 0 Å². The van der Waals surface area contributed by atoms with Gasteiger partial charge in [0.25, 0.3) is 0 Å². The average molecular weight is 296 g/mol. The van der Waals surface area contributed by atoms with Crippen LogP contribution in [0.1, 0.15) is 11.1 Å². The molecule has 0 spiro atoms. The number of halogens is 3. The minimum atomic E-state index is -0.536. The maximum atomic E-state index is 13.3. The van der Waals surface area contributed by atoms with Crippen LogP contribution >= 0.6 is 15.9 Å². The van der Waals surface area contributed by atoms with Crippen LogP contribution in [-0.4, -0.2) is 4.98 Å². The predicted octanol–water partition coefficient (Wildman–Crippen LogP) is 4.29. The van der Waals surface area contributed by atoms with Crippen LogP contribution in [0.3, 0.4) is 0 Å². The summed E-state index contributed by atoms with van der Waals surface area (Å²) in [6.07, 6.45) is 4.69. The molecule has 1 aromatic carbocycles. The van der Waals surface area contributed by atoms with Gasteiger partial charge in [-0.3, -0.25) is 0 Å². The minimum Gasteiger partial charge on any atom is -0.227 e. The summed E-state index contributed by atoms with van der Waals surface area (Å²) in [5.74, 6) is -0.830. The van der Waals surface area contributed by atoms with Gasteiger partial charge in [0.15, 0.2) is 0 Å². The van der Waals surface area contributed by atoms with Crippen molar-refractivity contribution < 1.29 is 8.78 Å². The molecule has 0 aliphatic rings. The first-order chi connectivity index (χ1) is 8.15. The SMILES string of the molecule is Fc1ccc(/C=C/c2cc(Br)cnc2F)cc1. The summed E-state index contributed by atoms with van der Waals surface area (Å²) < 4.78 is 26.7. The zero-order valence-electron chi connectivity index (χ0n) is 8.70. The molecule has 0 fully saturated rings. The van der Waals surface area contributed by atoms with Gasteiger partial charge in [0.2, 0.25) is 5.95 Å². The molecule has 0 N–H and O–H groups in total. The molecule has 1 heterocycles. The second kappa shape index (κ2) is 5.19. The van der Waals surface area contributed by atoms with Crippen molar-refractivity contribution in [1.82, 2.24) is 4.98 Å². The van der Waals surface area contributed by atoms with Gasteiger partial charge in [0, 0.05) is 16.2 Å². The summed E-state index contributed by atoms with van der Waals surface area (Å²) in [5, 5.41) is 0. The lowest BCUT2D eigenvalue weighted by molar-refractivity contribution is 0.580. The Morgan fingerprint density at radius 1 is 1.06 bits per heavy atom. The van der Waals surface area contributed by atoms with E-state index < -0.39 is 5.95 Å². The quantitative estimate of drug-likeness (QED) is 0.753. The molecule has 0 aliphatic heterocycles. The normalized spacial score (nSPS) is 11.0. The van der Waals surface area contributed by atoms with Crippen LogP contribution in [0.4, 0.5) is 8.78 Å². The summed E-state index contributed by atoms with van der Waals surface area (Å²) in [6, 6.07) is 7.58. The fourth-order valence-corrected chi connectivity index (χ4v) is 1.66. The molecule has 0 saturated heterocycles. The molecule has 2 rings (SSSR count). The van der Waals surface area contributed by atoms with Crippen LogP contribution in [0.15, 0.2) is 41.0 Å². The van der Waals surface area contributed by atoms with Crippen molar-refractivity contribution in [2.75, 3.05) is 0 Å². The monoisotopic (exact) mass is 295 g/mol. The van der Waals surface area contributed by atoms with Gasteiger partial charge in [-0.25, -0.2) is 9.37 Å². The smallest absolute Gasteiger partial charge is 0.220 e. The third-order valence-electron chi connectivity index (χ3n) is 2.16. The zero-order valence-corrected chi connectivity index (χ0v) is 10.3. The number of benzene rings is 1. The van der Waals surface area contributed by atoms with Crippen molar-refractivity contribution in [2.24, 2.45) is 0 Å².